The van der Waals surface area contributed by atoms with Crippen LogP contribution < -0.4 is 19.7 Å². The number of aryl methyl sites for hydroxylation is 2. The summed E-state index contributed by atoms with van der Waals surface area (Å²) < 4.78 is 39.6. The van der Waals surface area contributed by atoms with Crippen LogP contribution in [-0.2, 0) is 19.1 Å². The zero-order valence-electron chi connectivity index (χ0n) is 37.8. The third-order valence-corrected chi connectivity index (χ3v) is 14.0. The molecule has 1 saturated heterocycles. The molecule has 1 N–H and O–H groups in total. The van der Waals surface area contributed by atoms with Crippen LogP contribution in [-0.4, -0.2) is 105 Å². The first-order valence-corrected chi connectivity index (χ1v) is 22.3. The molecule has 12 heteroatoms. The predicted octanol–water partition coefficient (Wildman–Crippen LogP) is 7.31. The second-order valence-corrected chi connectivity index (χ2v) is 19.1. The third-order valence-electron chi connectivity index (χ3n) is 14.0. The topological polar surface area (TPSA) is 124 Å². The van der Waals surface area contributed by atoms with Crippen molar-refractivity contribution in [3.8, 4) is 23.8 Å². The van der Waals surface area contributed by atoms with Gasteiger partial charge < -0.3 is 29.2 Å². The Hall–Kier alpha value is -5.09. The van der Waals surface area contributed by atoms with Gasteiger partial charge >= 0.3 is 0 Å². The van der Waals surface area contributed by atoms with Crippen LogP contribution in [0, 0.1) is 48.8 Å². The van der Waals surface area contributed by atoms with Gasteiger partial charge in [0.15, 0.2) is 11.6 Å². The van der Waals surface area contributed by atoms with Gasteiger partial charge in [-0.1, -0.05) is 33.6 Å². The van der Waals surface area contributed by atoms with Crippen molar-refractivity contribution in [1.29, 1.82) is 0 Å². The number of benzene rings is 3. The zero-order chi connectivity index (χ0) is 45.2. The summed E-state index contributed by atoms with van der Waals surface area (Å²) in [5.74, 6) is 2.26. The Kier molecular flexibility index (Phi) is 13.8. The number of ether oxygens (including phenoxy) is 4. The maximum atomic E-state index is 15.1. The minimum Gasteiger partial charge on any atom is -0.490 e. The first-order chi connectivity index (χ1) is 30.0. The molecule has 63 heavy (non-hydrogen) atoms. The number of nitrogens with zero attached hydrogens (tertiary/aromatic N) is 2. The van der Waals surface area contributed by atoms with E-state index in [1.54, 1.807) is 13.2 Å². The molecule has 3 aromatic carbocycles. The van der Waals surface area contributed by atoms with Crippen LogP contribution in [0.25, 0.3) is 0 Å². The molecule has 4 fully saturated rings. The number of terminal acetylenes is 1. The van der Waals surface area contributed by atoms with E-state index in [1.807, 2.05) is 50.2 Å². The highest BCUT2D eigenvalue weighted by Crippen LogP contribution is 2.62. The molecule has 0 unspecified atom stereocenters. The minimum absolute atomic E-state index is 0.0459. The second kappa shape index (κ2) is 18.9. The molecule has 0 bridgehead atoms. The number of anilines is 1. The first kappa shape index (κ1) is 45.9. The number of halogens is 1. The number of nitrogens with one attached hydrogen (secondary N) is 1. The summed E-state index contributed by atoms with van der Waals surface area (Å²) in [5, 5.41) is 2.57. The molecular formula is C51H62FN3O8. The summed E-state index contributed by atoms with van der Waals surface area (Å²) in [7, 11) is 1.69. The van der Waals surface area contributed by atoms with E-state index in [1.165, 1.54) is 12.1 Å². The van der Waals surface area contributed by atoms with Crippen molar-refractivity contribution in [3.05, 3.63) is 88.2 Å². The molecule has 2 atom stereocenters. The fraction of sp³-hybridized carbons (Fsp3) is 0.529. The summed E-state index contributed by atoms with van der Waals surface area (Å²) >= 11 is 0. The van der Waals surface area contributed by atoms with E-state index in [2.05, 4.69) is 48.7 Å². The number of rotatable bonds is 16. The summed E-state index contributed by atoms with van der Waals surface area (Å²) in [4.78, 5) is 54.9. The van der Waals surface area contributed by atoms with Crippen LogP contribution in [0.15, 0.2) is 54.6 Å². The number of hydrogen-bond donors (Lipinski definition) is 1. The standard InChI is InChI=1S/C51H62FN3O8/c1-9-41-31(2)22-38(23-32(41)3)63-49-50(4,5)47(51(49,6)7)28-45(57)33-10-12-34(13-11-33)54-19-21-61-40(29-54)30-55(18-20-60-8)35-24-39(25-35)62-37-15-16-42(43(52)27-37)48(59)53-44-17-14-36(56)26-46(44)58/h1,10-13,15-16,22-23,27,35,39-40,44,47,49H,14,17-21,24-26,28-30H2,2-8H3,(H,53,59)/t35?,39?,40-,44+,47?,49?/m1/s1. The van der Waals surface area contributed by atoms with E-state index < -0.39 is 17.8 Å². The van der Waals surface area contributed by atoms with E-state index >= 15 is 4.39 Å². The van der Waals surface area contributed by atoms with Gasteiger partial charge in [-0.05, 0) is 85.8 Å². The molecule has 1 aliphatic heterocycles. The smallest absolute Gasteiger partial charge is 0.254 e. The Morgan fingerprint density at radius 2 is 1.68 bits per heavy atom. The number of hydrogen-bond acceptors (Lipinski definition) is 10. The van der Waals surface area contributed by atoms with Crippen molar-refractivity contribution < 1.29 is 42.5 Å². The molecule has 7 rings (SSSR count). The van der Waals surface area contributed by atoms with Gasteiger partial charge in [0.05, 0.1) is 37.3 Å². The van der Waals surface area contributed by atoms with Crippen molar-refractivity contribution in [2.24, 2.45) is 16.7 Å². The van der Waals surface area contributed by atoms with Gasteiger partial charge in [0, 0.05) is 98.7 Å². The Balaban J connectivity index is 0.895. The van der Waals surface area contributed by atoms with Crippen LogP contribution in [0.2, 0.25) is 0 Å². The van der Waals surface area contributed by atoms with E-state index in [9.17, 15) is 19.2 Å². The number of methoxy groups -OCH3 is 1. The molecule has 0 spiro atoms. The Labute approximate surface area is 371 Å². The average Bonchev–Trinajstić information content (AvgIpc) is 3.22. The lowest BCUT2D eigenvalue weighted by atomic mass is 9.44. The largest absolute Gasteiger partial charge is 0.490 e. The quantitative estimate of drug-likeness (QED) is 0.0892. The first-order valence-electron chi connectivity index (χ1n) is 22.3. The van der Waals surface area contributed by atoms with Gasteiger partial charge in [0.25, 0.3) is 5.91 Å². The van der Waals surface area contributed by atoms with Crippen molar-refractivity contribution >= 4 is 28.9 Å². The number of carbonyl (C=O) groups is 4. The Morgan fingerprint density at radius 3 is 2.32 bits per heavy atom. The maximum absolute atomic E-state index is 15.1. The van der Waals surface area contributed by atoms with E-state index in [0.29, 0.717) is 44.0 Å². The lowest BCUT2D eigenvalue weighted by molar-refractivity contribution is -0.196. The lowest BCUT2D eigenvalue weighted by Crippen LogP contribution is -2.66. The highest BCUT2D eigenvalue weighted by molar-refractivity contribution is 6.06. The maximum Gasteiger partial charge on any atom is 0.254 e. The molecule has 0 radical (unpaired) electrons. The molecule has 1 amide bonds. The fourth-order valence-corrected chi connectivity index (χ4v) is 10.6. The SMILES string of the molecule is C#Cc1c(C)cc(OC2C(C)(C)C(CC(=O)c3ccc(N4CCO[C@@H](CN(CCOC)C5CC(Oc6ccc(C(=O)N[C@H]7CCC(=O)CC7=O)c(F)c6)C5)C4)cc3)C2(C)C)cc1C. The predicted molar refractivity (Wildman–Crippen MR) is 239 cm³/mol. The summed E-state index contributed by atoms with van der Waals surface area (Å²) in [5.41, 5.74) is 4.10. The average molecular weight is 864 g/mol. The van der Waals surface area contributed by atoms with Crippen molar-refractivity contribution in [3.63, 3.8) is 0 Å². The molecule has 1 heterocycles. The molecule has 11 nitrogen and oxygen atoms in total. The van der Waals surface area contributed by atoms with Crippen LogP contribution in [0.3, 0.4) is 0 Å². The monoisotopic (exact) mass is 863 g/mol. The molecule has 3 saturated carbocycles. The molecule has 4 aliphatic rings. The number of morpholine rings is 1. The zero-order valence-corrected chi connectivity index (χ0v) is 37.8. The lowest BCUT2D eigenvalue weighted by Gasteiger charge is -2.63. The van der Waals surface area contributed by atoms with E-state index in [0.717, 1.165) is 54.1 Å². The van der Waals surface area contributed by atoms with Crippen LogP contribution in [0.5, 0.6) is 11.5 Å². The number of carbonyl (C=O) groups excluding carboxylic acids is 4. The Bertz CT molecular complexity index is 2200. The second-order valence-electron chi connectivity index (χ2n) is 19.1. The number of amides is 1. The van der Waals surface area contributed by atoms with Crippen molar-refractivity contribution in [1.82, 2.24) is 10.2 Å². The highest BCUT2D eigenvalue weighted by atomic mass is 19.1. The number of ketones is 3. The Morgan fingerprint density at radius 1 is 0.984 bits per heavy atom. The van der Waals surface area contributed by atoms with Gasteiger partial charge in [0.2, 0.25) is 0 Å². The number of Topliss-reactive ketones (excluding diaryl/α,β-unsaturated/α-hetero) is 3. The normalized spacial score (nSPS) is 25.1. The van der Waals surface area contributed by atoms with Crippen molar-refractivity contribution in [2.75, 3.05) is 51.4 Å². The summed E-state index contributed by atoms with van der Waals surface area (Å²) in [6.45, 7) is 16.8. The third kappa shape index (κ3) is 10.0. The van der Waals surface area contributed by atoms with Gasteiger partial charge in [-0.3, -0.25) is 24.1 Å². The molecule has 3 aliphatic carbocycles. The summed E-state index contributed by atoms with van der Waals surface area (Å²) in [6.07, 6.45) is 7.65. The van der Waals surface area contributed by atoms with Gasteiger partial charge in [-0.25, -0.2) is 4.39 Å². The highest BCUT2D eigenvalue weighted by Gasteiger charge is 2.63. The summed E-state index contributed by atoms with van der Waals surface area (Å²) in [6, 6.07) is 15.6. The molecule has 336 valence electrons. The van der Waals surface area contributed by atoms with E-state index in [4.69, 9.17) is 25.4 Å². The molecular weight excluding hydrogens is 802 g/mol. The van der Waals surface area contributed by atoms with Crippen LogP contribution in [0.1, 0.15) is 104 Å². The van der Waals surface area contributed by atoms with Gasteiger partial charge in [-0.2, -0.15) is 0 Å². The van der Waals surface area contributed by atoms with Crippen LogP contribution >= 0.6 is 0 Å². The molecule has 0 aromatic heterocycles. The van der Waals surface area contributed by atoms with Crippen LogP contribution in [0.4, 0.5) is 10.1 Å². The fourth-order valence-electron chi connectivity index (χ4n) is 10.6. The van der Waals surface area contributed by atoms with Crippen molar-refractivity contribution in [2.45, 2.75) is 110 Å². The van der Waals surface area contributed by atoms with Gasteiger partial charge in [-0.15, -0.1) is 6.42 Å². The minimum atomic E-state index is -0.788. The van der Waals surface area contributed by atoms with Gasteiger partial charge in [0.1, 0.15) is 35.3 Å². The molecule has 3 aromatic rings. The van der Waals surface area contributed by atoms with E-state index in [-0.39, 0.29) is 83.3 Å².